The molecule has 3 N–H and O–H groups in total. The average molecular weight is 212 g/mol. The third-order valence-corrected chi connectivity index (χ3v) is 3.61. The van der Waals surface area contributed by atoms with E-state index in [4.69, 9.17) is 10.5 Å². The molecule has 15 heavy (non-hydrogen) atoms. The van der Waals surface area contributed by atoms with Crippen LogP contribution in [0.15, 0.2) is 0 Å². The Labute approximate surface area is 90.5 Å². The first-order chi connectivity index (χ1) is 7.15. The molecule has 0 aromatic heterocycles. The van der Waals surface area contributed by atoms with Crippen molar-refractivity contribution in [3.8, 4) is 0 Å². The Kier molecular flexibility index (Phi) is 2.98. The summed E-state index contributed by atoms with van der Waals surface area (Å²) in [6, 6.07) is 0. The normalized spacial score (nSPS) is 29.9. The molecule has 2 aliphatic rings. The Hall–Kier alpha value is -0.610. The number of rotatable bonds is 4. The Balaban J connectivity index is 1.90. The van der Waals surface area contributed by atoms with Crippen LogP contribution in [-0.2, 0) is 9.53 Å². The molecular weight excluding hydrogens is 192 g/mol. The summed E-state index contributed by atoms with van der Waals surface area (Å²) in [5.41, 5.74) is 5.55. The lowest BCUT2D eigenvalue weighted by Crippen LogP contribution is -2.54. The standard InChI is InChI=1S/C11H20N2O2/c1-11(7-12,9-2-3-9)13-10(14)8-4-5-15-6-8/h8-9H,2-7,12H2,1H3,(H,13,14). The minimum Gasteiger partial charge on any atom is -0.381 e. The molecule has 1 saturated heterocycles. The van der Waals surface area contributed by atoms with Crippen molar-refractivity contribution < 1.29 is 9.53 Å². The molecule has 2 unspecified atom stereocenters. The van der Waals surface area contributed by atoms with Crippen molar-refractivity contribution in [1.29, 1.82) is 0 Å². The fraction of sp³-hybridized carbons (Fsp3) is 0.909. The van der Waals surface area contributed by atoms with E-state index in [9.17, 15) is 4.79 Å². The second-order valence-corrected chi connectivity index (χ2v) is 4.95. The van der Waals surface area contributed by atoms with Crippen LogP contribution >= 0.6 is 0 Å². The lowest BCUT2D eigenvalue weighted by atomic mass is 9.94. The van der Waals surface area contributed by atoms with Crippen LogP contribution in [0.4, 0.5) is 0 Å². The summed E-state index contributed by atoms with van der Waals surface area (Å²) < 4.78 is 5.21. The monoisotopic (exact) mass is 212 g/mol. The molecule has 1 amide bonds. The first-order valence-electron chi connectivity index (χ1n) is 5.75. The van der Waals surface area contributed by atoms with Gasteiger partial charge in [0.25, 0.3) is 0 Å². The molecule has 0 radical (unpaired) electrons. The number of carbonyl (C=O) groups is 1. The van der Waals surface area contributed by atoms with Gasteiger partial charge in [-0.2, -0.15) is 0 Å². The number of nitrogens with two attached hydrogens (primary N) is 1. The number of carbonyl (C=O) groups excluding carboxylic acids is 1. The second-order valence-electron chi connectivity index (χ2n) is 4.95. The van der Waals surface area contributed by atoms with E-state index in [-0.39, 0.29) is 17.4 Å². The highest BCUT2D eigenvalue weighted by atomic mass is 16.5. The Morgan fingerprint density at radius 2 is 2.27 bits per heavy atom. The van der Waals surface area contributed by atoms with E-state index in [0.29, 0.717) is 25.7 Å². The summed E-state index contributed by atoms with van der Waals surface area (Å²) in [6.45, 7) is 3.85. The topological polar surface area (TPSA) is 64.3 Å². The highest BCUT2D eigenvalue weighted by Crippen LogP contribution is 2.39. The fourth-order valence-electron chi connectivity index (χ4n) is 2.17. The molecule has 0 spiro atoms. The van der Waals surface area contributed by atoms with E-state index in [1.54, 1.807) is 0 Å². The number of nitrogens with one attached hydrogen (secondary N) is 1. The van der Waals surface area contributed by atoms with E-state index in [1.807, 2.05) is 0 Å². The van der Waals surface area contributed by atoms with Gasteiger partial charge >= 0.3 is 0 Å². The molecule has 1 saturated carbocycles. The van der Waals surface area contributed by atoms with Gasteiger partial charge in [-0.15, -0.1) is 0 Å². The predicted octanol–water partition coefficient (Wildman–Crippen LogP) is 0.267. The number of hydrogen-bond acceptors (Lipinski definition) is 3. The van der Waals surface area contributed by atoms with Crippen molar-refractivity contribution in [3.63, 3.8) is 0 Å². The van der Waals surface area contributed by atoms with Gasteiger partial charge in [-0.25, -0.2) is 0 Å². The number of hydrogen-bond donors (Lipinski definition) is 2. The minimum absolute atomic E-state index is 0.0367. The molecule has 1 aliphatic heterocycles. The van der Waals surface area contributed by atoms with Crippen molar-refractivity contribution in [2.75, 3.05) is 19.8 Å². The van der Waals surface area contributed by atoms with Crippen LogP contribution in [0.5, 0.6) is 0 Å². The van der Waals surface area contributed by atoms with Crippen molar-refractivity contribution in [2.45, 2.75) is 31.7 Å². The minimum atomic E-state index is -0.195. The predicted molar refractivity (Wildman–Crippen MR) is 57.3 cm³/mol. The Morgan fingerprint density at radius 3 is 2.73 bits per heavy atom. The fourth-order valence-corrected chi connectivity index (χ4v) is 2.17. The van der Waals surface area contributed by atoms with Crippen molar-refractivity contribution >= 4 is 5.91 Å². The van der Waals surface area contributed by atoms with Crippen LogP contribution in [0, 0.1) is 11.8 Å². The molecule has 4 heteroatoms. The SMILES string of the molecule is CC(CN)(NC(=O)C1CCOC1)C1CC1. The summed E-state index contributed by atoms with van der Waals surface area (Å²) in [5.74, 6) is 0.732. The molecular formula is C11H20N2O2. The lowest BCUT2D eigenvalue weighted by Gasteiger charge is -2.30. The van der Waals surface area contributed by atoms with Gasteiger partial charge in [0.15, 0.2) is 0 Å². The van der Waals surface area contributed by atoms with Crippen molar-refractivity contribution in [3.05, 3.63) is 0 Å². The maximum Gasteiger partial charge on any atom is 0.226 e. The smallest absolute Gasteiger partial charge is 0.226 e. The molecule has 0 aromatic rings. The average Bonchev–Trinajstić information content (AvgIpc) is 2.94. The largest absolute Gasteiger partial charge is 0.381 e. The molecule has 1 heterocycles. The van der Waals surface area contributed by atoms with Gasteiger partial charge in [-0.3, -0.25) is 4.79 Å². The molecule has 1 aliphatic carbocycles. The third kappa shape index (κ3) is 2.32. The number of ether oxygens (including phenoxy) is 1. The first-order valence-corrected chi connectivity index (χ1v) is 5.75. The molecule has 2 rings (SSSR count). The van der Waals surface area contributed by atoms with Crippen LogP contribution in [-0.4, -0.2) is 31.2 Å². The van der Waals surface area contributed by atoms with Gasteiger partial charge in [0, 0.05) is 13.2 Å². The van der Waals surface area contributed by atoms with Gasteiger partial charge in [0.1, 0.15) is 0 Å². The summed E-state index contributed by atoms with van der Waals surface area (Å²) in [7, 11) is 0. The highest BCUT2D eigenvalue weighted by molar-refractivity contribution is 5.79. The van der Waals surface area contributed by atoms with Crippen LogP contribution in [0.1, 0.15) is 26.2 Å². The third-order valence-electron chi connectivity index (χ3n) is 3.61. The van der Waals surface area contributed by atoms with E-state index < -0.39 is 0 Å². The Morgan fingerprint density at radius 1 is 1.53 bits per heavy atom. The molecule has 0 aromatic carbocycles. The molecule has 4 nitrogen and oxygen atoms in total. The zero-order valence-corrected chi connectivity index (χ0v) is 9.29. The summed E-state index contributed by atoms with van der Waals surface area (Å²) >= 11 is 0. The van der Waals surface area contributed by atoms with Gasteiger partial charge < -0.3 is 15.8 Å². The number of amides is 1. The maximum absolute atomic E-state index is 11.9. The summed E-state index contributed by atoms with van der Waals surface area (Å²) in [4.78, 5) is 11.9. The van der Waals surface area contributed by atoms with E-state index in [2.05, 4.69) is 12.2 Å². The highest BCUT2D eigenvalue weighted by Gasteiger charge is 2.42. The molecule has 0 bridgehead atoms. The van der Waals surface area contributed by atoms with Gasteiger partial charge in [-0.05, 0) is 32.1 Å². The van der Waals surface area contributed by atoms with E-state index in [1.165, 1.54) is 12.8 Å². The summed E-state index contributed by atoms with van der Waals surface area (Å²) in [5, 5.41) is 3.10. The molecule has 2 atom stereocenters. The van der Waals surface area contributed by atoms with Crippen LogP contribution in [0.2, 0.25) is 0 Å². The quantitative estimate of drug-likeness (QED) is 0.703. The Bertz CT molecular complexity index is 247. The van der Waals surface area contributed by atoms with E-state index >= 15 is 0 Å². The van der Waals surface area contributed by atoms with Crippen molar-refractivity contribution in [2.24, 2.45) is 17.6 Å². The summed E-state index contributed by atoms with van der Waals surface area (Å²) in [6.07, 6.45) is 3.22. The lowest BCUT2D eigenvalue weighted by molar-refractivity contribution is -0.126. The van der Waals surface area contributed by atoms with Crippen LogP contribution in [0.25, 0.3) is 0 Å². The van der Waals surface area contributed by atoms with Crippen LogP contribution < -0.4 is 11.1 Å². The van der Waals surface area contributed by atoms with E-state index in [0.717, 1.165) is 6.42 Å². The molecule has 2 fully saturated rings. The zero-order chi connectivity index (χ0) is 10.9. The zero-order valence-electron chi connectivity index (χ0n) is 9.29. The molecule has 86 valence electrons. The van der Waals surface area contributed by atoms with Crippen molar-refractivity contribution in [1.82, 2.24) is 5.32 Å². The second kappa shape index (κ2) is 4.10. The van der Waals surface area contributed by atoms with Gasteiger partial charge in [-0.1, -0.05) is 0 Å². The van der Waals surface area contributed by atoms with Crippen LogP contribution in [0.3, 0.4) is 0 Å². The van der Waals surface area contributed by atoms with Gasteiger partial charge in [0.05, 0.1) is 18.1 Å². The first kappa shape index (κ1) is 10.9. The van der Waals surface area contributed by atoms with Gasteiger partial charge in [0.2, 0.25) is 5.91 Å². The maximum atomic E-state index is 11.9.